The summed E-state index contributed by atoms with van der Waals surface area (Å²) < 4.78 is 13.1. The summed E-state index contributed by atoms with van der Waals surface area (Å²) in [6.07, 6.45) is 4.57. The van der Waals surface area contributed by atoms with E-state index < -0.39 is 0 Å². The number of carbonyl (C=O) groups excluding carboxylic acids is 1. The molecule has 1 aromatic rings. The minimum Gasteiger partial charge on any atom is -0.393 e. The fourth-order valence-electron chi connectivity index (χ4n) is 4.10. The van der Waals surface area contributed by atoms with Crippen molar-refractivity contribution in [3.63, 3.8) is 0 Å². The molecule has 0 aliphatic carbocycles. The van der Waals surface area contributed by atoms with Crippen molar-refractivity contribution in [2.75, 3.05) is 19.6 Å². The molecule has 138 valence electrons. The van der Waals surface area contributed by atoms with E-state index in [1.54, 1.807) is 12.1 Å². The second kappa shape index (κ2) is 8.28. The second-order valence-electron chi connectivity index (χ2n) is 7.51. The molecule has 0 aromatic heterocycles. The minimum atomic E-state index is -0.290. The van der Waals surface area contributed by atoms with Crippen LogP contribution >= 0.6 is 0 Å². The van der Waals surface area contributed by atoms with Crippen molar-refractivity contribution in [1.29, 1.82) is 0 Å². The predicted octanol–water partition coefficient (Wildman–Crippen LogP) is 2.80. The molecule has 0 spiro atoms. The van der Waals surface area contributed by atoms with Crippen LogP contribution in [0.2, 0.25) is 0 Å². The number of benzene rings is 1. The molecule has 2 saturated heterocycles. The lowest BCUT2D eigenvalue weighted by atomic mass is 9.91. The van der Waals surface area contributed by atoms with E-state index in [1.165, 1.54) is 12.1 Å². The molecule has 2 aliphatic heterocycles. The molecular weight excluding hydrogens is 319 g/mol. The Morgan fingerprint density at radius 2 is 1.84 bits per heavy atom. The summed E-state index contributed by atoms with van der Waals surface area (Å²) >= 11 is 0. The molecule has 2 fully saturated rings. The highest BCUT2D eigenvalue weighted by Gasteiger charge is 2.34. The summed E-state index contributed by atoms with van der Waals surface area (Å²) in [7, 11) is 0. The third kappa shape index (κ3) is 4.59. The highest BCUT2D eigenvalue weighted by molar-refractivity contribution is 5.82. The van der Waals surface area contributed by atoms with E-state index in [0.717, 1.165) is 57.3 Å². The second-order valence-corrected chi connectivity index (χ2v) is 7.51. The van der Waals surface area contributed by atoms with Gasteiger partial charge in [-0.05, 0) is 62.8 Å². The molecule has 25 heavy (non-hydrogen) atoms. The molecule has 2 aliphatic rings. The molecule has 2 heterocycles. The highest BCUT2D eigenvalue weighted by Crippen LogP contribution is 2.25. The number of hydrogen-bond acceptors (Lipinski definition) is 3. The average Bonchev–Trinajstić information content (AvgIpc) is 2.63. The summed E-state index contributed by atoms with van der Waals surface area (Å²) in [4.78, 5) is 17.3. The van der Waals surface area contributed by atoms with Crippen LogP contribution < -0.4 is 0 Å². The Morgan fingerprint density at radius 3 is 2.48 bits per heavy atom. The van der Waals surface area contributed by atoms with Crippen LogP contribution in [0.3, 0.4) is 0 Å². The van der Waals surface area contributed by atoms with Crippen molar-refractivity contribution in [1.82, 2.24) is 9.80 Å². The number of hydrogen-bond donors (Lipinski definition) is 1. The Bertz CT molecular complexity index is 568. The van der Waals surface area contributed by atoms with E-state index >= 15 is 0 Å². The number of carbonyl (C=O) groups is 1. The first-order valence-electron chi connectivity index (χ1n) is 9.50. The van der Waals surface area contributed by atoms with E-state index in [0.29, 0.717) is 12.5 Å². The molecule has 1 amide bonds. The average molecular weight is 348 g/mol. The number of amides is 1. The van der Waals surface area contributed by atoms with Crippen LogP contribution in [0.25, 0.3) is 0 Å². The lowest BCUT2D eigenvalue weighted by Gasteiger charge is -2.40. The standard InChI is InChI=1S/C20H29FN2O2/c1-15(24)17-9-12-22(13-10-17)20(25)19-4-2-3-11-23(19)14-16-5-7-18(21)8-6-16/h5-8,15,17,19,24H,2-4,9-14H2,1H3. The predicted molar refractivity (Wildman–Crippen MR) is 95.4 cm³/mol. The van der Waals surface area contributed by atoms with E-state index in [4.69, 9.17) is 0 Å². The van der Waals surface area contributed by atoms with Crippen molar-refractivity contribution in [2.45, 2.75) is 57.7 Å². The summed E-state index contributed by atoms with van der Waals surface area (Å²) in [6, 6.07) is 6.51. The number of aliphatic hydroxyl groups is 1. The van der Waals surface area contributed by atoms with Crippen LogP contribution in [0.1, 0.15) is 44.6 Å². The van der Waals surface area contributed by atoms with Gasteiger partial charge in [0.2, 0.25) is 5.91 Å². The minimum absolute atomic E-state index is 0.0677. The summed E-state index contributed by atoms with van der Waals surface area (Å²) in [6.45, 7) is 4.94. The van der Waals surface area contributed by atoms with Gasteiger partial charge in [0.05, 0.1) is 12.1 Å². The molecule has 0 saturated carbocycles. The number of nitrogens with zero attached hydrogens (tertiary/aromatic N) is 2. The monoisotopic (exact) mass is 348 g/mol. The smallest absolute Gasteiger partial charge is 0.239 e. The van der Waals surface area contributed by atoms with Gasteiger partial charge in [0.1, 0.15) is 5.82 Å². The summed E-state index contributed by atoms with van der Waals surface area (Å²) in [5.41, 5.74) is 1.05. The molecule has 0 radical (unpaired) electrons. The molecule has 1 N–H and O–H groups in total. The topological polar surface area (TPSA) is 43.8 Å². The third-order valence-corrected chi connectivity index (χ3v) is 5.73. The number of rotatable bonds is 4. The first kappa shape index (κ1) is 18.3. The highest BCUT2D eigenvalue weighted by atomic mass is 19.1. The summed E-state index contributed by atoms with van der Waals surface area (Å²) in [5.74, 6) is 0.313. The maximum atomic E-state index is 13.1. The van der Waals surface area contributed by atoms with Gasteiger partial charge in [-0.1, -0.05) is 18.6 Å². The van der Waals surface area contributed by atoms with Gasteiger partial charge in [0.15, 0.2) is 0 Å². The molecule has 5 heteroatoms. The SMILES string of the molecule is CC(O)C1CCN(C(=O)C2CCCCN2Cc2ccc(F)cc2)CC1. The van der Waals surface area contributed by atoms with Crippen LogP contribution in [0.4, 0.5) is 4.39 Å². The normalized spacial score (nSPS) is 24.3. The maximum Gasteiger partial charge on any atom is 0.239 e. The van der Waals surface area contributed by atoms with Crippen LogP contribution in [0.15, 0.2) is 24.3 Å². The number of halogens is 1. The Balaban J connectivity index is 1.62. The Labute approximate surface area is 149 Å². The van der Waals surface area contributed by atoms with Crippen molar-refractivity contribution >= 4 is 5.91 Å². The Kier molecular flexibility index (Phi) is 6.07. The van der Waals surface area contributed by atoms with Crippen LogP contribution in [-0.4, -0.2) is 52.6 Å². The van der Waals surface area contributed by atoms with Crippen molar-refractivity contribution < 1.29 is 14.3 Å². The molecule has 4 nitrogen and oxygen atoms in total. The van der Waals surface area contributed by atoms with Gasteiger partial charge in [-0.25, -0.2) is 4.39 Å². The van der Waals surface area contributed by atoms with Gasteiger partial charge in [0, 0.05) is 19.6 Å². The van der Waals surface area contributed by atoms with Gasteiger partial charge >= 0.3 is 0 Å². The van der Waals surface area contributed by atoms with Crippen LogP contribution in [-0.2, 0) is 11.3 Å². The fourth-order valence-corrected chi connectivity index (χ4v) is 4.10. The lowest BCUT2D eigenvalue weighted by Crippen LogP contribution is -2.52. The molecule has 2 atom stereocenters. The van der Waals surface area contributed by atoms with Gasteiger partial charge in [-0.15, -0.1) is 0 Å². The number of piperidine rings is 2. The third-order valence-electron chi connectivity index (χ3n) is 5.73. The molecule has 1 aromatic carbocycles. The quantitative estimate of drug-likeness (QED) is 0.910. The number of aliphatic hydroxyl groups excluding tert-OH is 1. The van der Waals surface area contributed by atoms with Gasteiger partial charge in [0.25, 0.3) is 0 Å². The van der Waals surface area contributed by atoms with Crippen molar-refractivity contribution in [2.24, 2.45) is 5.92 Å². The van der Waals surface area contributed by atoms with Gasteiger partial charge in [-0.2, -0.15) is 0 Å². The first-order valence-corrected chi connectivity index (χ1v) is 9.50. The molecule has 3 rings (SSSR count). The van der Waals surface area contributed by atoms with E-state index in [1.807, 2.05) is 11.8 Å². The van der Waals surface area contributed by atoms with Crippen molar-refractivity contribution in [3.8, 4) is 0 Å². The lowest BCUT2D eigenvalue weighted by molar-refractivity contribution is -0.140. The first-order chi connectivity index (χ1) is 12.0. The zero-order chi connectivity index (χ0) is 17.8. The zero-order valence-electron chi connectivity index (χ0n) is 15.0. The zero-order valence-corrected chi connectivity index (χ0v) is 15.0. The van der Waals surface area contributed by atoms with Crippen LogP contribution in [0, 0.1) is 11.7 Å². The number of likely N-dealkylation sites (tertiary alicyclic amines) is 2. The maximum absolute atomic E-state index is 13.1. The van der Waals surface area contributed by atoms with Gasteiger partial charge < -0.3 is 10.0 Å². The Morgan fingerprint density at radius 1 is 1.16 bits per heavy atom. The molecule has 2 unspecified atom stereocenters. The van der Waals surface area contributed by atoms with Crippen LogP contribution in [0.5, 0.6) is 0 Å². The molecule has 0 bridgehead atoms. The van der Waals surface area contributed by atoms with E-state index in [-0.39, 0.29) is 23.9 Å². The van der Waals surface area contributed by atoms with Gasteiger partial charge in [-0.3, -0.25) is 9.69 Å². The largest absolute Gasteiger partial charge is 0.393 e. The Hall–Kier alpha value is -1.46. The molecular formula is C20H29FN2O2. The van der Waals surface area contributed by atoms with Crippen molar-refractivity contribution in [3.05, 3.63) is 35.6 Å². The van der Waals surface area contributed by atoms with E-state index in [2.05, 4.69) is 4.90 Å². The van der Waals surface area contributed by atoms with E-state index in [9.17, 15) is 14.3 Å². The fraction of sp³-hybridized carbons (Fsp3) is 0.650. The summed E-state index contributed by atoms with van der Waals surface area (Å²) in [5, 5.41) is 9.74.